The Bertz CT molecular complexity index is 1440. The molecule has 0 radical (unpaired) electrons. The monoisotopic (exact) mass is 506 g/mol. The molecule has 12 nitrogen and oxygen atoms in total. The Labute approximate surface area is 211 Å². The minimum absolute atomic E-state index is 0.0565. The first-order valence-corrected chi connectivity index (χ1v) is 12.2. The summed E-state index contributed by atoms with van der Waals surface area (Å²) in [6, 6.07) is 8.86. The van der Waals surface area contributed by atoms with Gasteiger partial charge in [0.1, 0.15) is 17.7 Å². The summed E-state index contributed by atoms with van der Waals surface area (Å²) in [6.07, 6.45) is 2.81. The van der Waals surface area contributed by atoms with Gasteiger partial charge in [-0.15, -0.1) is 0 Å². The zero-order chi connectivity index (χ0) is 25.5. The molecule has 2 N–H and O–H groups in total. The first-order valence-electron chi connectivity index (χ1n) is 12.2. The zero-order valence-electron chi connectivity index (χ0n) is 20.2. The number of nitrogens with one attached hydrogen (secondary N) is 2. The van der Waals surface area contributed by atoms with E-state index in [-0.39, 0.29) is 36.3 Å². The number of methoxy groups -OCH3 is 1. The third-order valence-corrected chi connectivity index (χ3v) is 7.07. The quantitative estimate of drug-likeness (QED) is 0.511. The van der Waals surface area contributed by atoms with E-state index in [1.165, 1.54) is 6.20 Å². The Morgan fingerprint density at radius 2 is 2.08 bits per heavy atom. The predicted octanol–water partition coefficient (Wildman–Crippen LogP) is 1.67. The Hall–Kier alpha value is -4.19. The molecule has 12 heteroatoms. The van der Waals surface area contributed by atoms with Gasteiger partial charge < -0.3 is 29.4 Å². The number of hydrogen-bond donors (Lipinski definition) is 2. The molecule has 3 aromatic rings. The molecular formula is C25H26N6O6. The van der Waals surface area contributed by atoms with Crippen LogP contribution >= 0.6 is 0 Å². The largest absolute Gasteiger partial charge is 0.497 e. The molecule has 1 aliphatic carbocycles. The first-order chi connectivity index (χ1) is 18.0. The summed E-state index contributed by atoms with van der Waals surface area (Å²) in [5.41, 5.74) is 1.27. The molecule has 2 aromatic heterocycles. The van der Waals surface area contributed by atoms with Crippen LogP contribution in [-0.2, 0) is 16.1 Å². The number of nitrogens with zero attached hydrogens (tertiary/aromatic N) is 4. The fourth-order valence-corrected chi connectivity index (χ4v) is 5.27. The van der Waals surface area contributed by atoms with Crippen LogP contribution in [0.1, 0.15) is 19.3 Å². The second-order valence-corrected chi connectivity index (χ2v) is 9.28. The number of benzene rings is 1. The van der Waals surface area contributed by atoms with Crippen molar-refractivity contribution in [3.8, 4) is 11.5 Å². The van der Waals surface area contributed by atoms with E-state index in [9.17, 15) is 14.4 Å². The average molecular weight is 507 g/mol. The van der Waals surface area contributed by atoms with Gasteiger partial charge in [-0.25, -0.2) is 14.8 Å². The van der Waals surface area contributed by atoms with Crippen LogP contribution in [0.25, 0.3) is 11.0 Å². The number of amides is 2. The van der Waals surface area contributed by atoms with Crippen molar-refractivity contribution in [2.24, 2.45) is 0 Å². The van der Waals surface area contributed by atoms with E-state index in [0.29, 0.717) is 42.6 Å². The van der Waals surface area contributed by atoms with Crippen LogP contribution in [0.5, 0.6) is 11.5 Å². The smallest absolute Gasteiger partial charge is 0.416 e. The number of ether oxygens (including phenoxy) is 3. The van der Waals surface area contributed by atoms with Crippen LogP contribution in [0.4, 0.5) is 16.4 Å². The van der Waals surface area contributed by atoms with Crippen molar-refractivity contribution >= 4 is 34.7 Å². The second-order valence-electron chi connectivity index (χ2n) is 9.28. The highest BCUT2D eigenvalue weighted by molar-refractivity contribution is 5.95. The molecule has 3 atom stereocenters. The van der Waals surface area contributed by atoms with Crippen molar-refractivity contribution in [2.45, 2.75) is 44.0 Å². The van der Waals surface area contributed by atoms with Gasteiger partial charge in [-0.2, -0.15) is 0 Å². The van der Waals surface area contributed by atoms with Crippen molar-refractivity contribution in [3.05, 3.63) is 46.9 Å². The fourth-order valence-electron chi connectivity index (χ4n) is 5.27. The molecule has 2 amide bonds. The minimum atomic E-state index is -0.449. The van der Waals surface area contributed by atoms with Gasteiger partial charge in [-0.1, -0.05) is 0 Å². The van der Waals surface area contributed by atoms with Gasteiger partial charge >= 0.3 is 6.09 Å². The highest BCUT2D eigenvalue weighted by Gasteiger charge is 2.46. The molecule has 192 valence electrons. The lowest BCUT2D eigenvalue weighted by Gasteiger charge is -2.33. The first kappa shape index (κ1) is 23.2. The minimum Gasteiger partial charge on any atom is -0.497 e. The molecule has 0 spiro atoms. The van der Waals surface area contributed by atoms with Crippen molar-refractivity contribution in [1.82, 2.24) is 19.9 Å². The van der Waals surface area contributed by atoms with E-state index in [1.807, 2.05) is 18.2 Å². The maximum atomic E-state index is 12.8. The molecule has 1 saturated heterocycles. The van der Waals surface area contributed by atoms with Gasteiger partial charge in [-0.3, -0.25) is 14.5 Å². The highest BCUT2D eigenvalue weighted by atomic mass is 16.6. The maximum absolute atomic E-state index is 12.8. The molecular weight excluding hydrogens is 480 g/mol. The van der Waals surface area contributed by atoms with E-state index in [1.54, 1.807) is 28.7 Å². The number of aromatic nitrogens is 3. The van der Waals surface area contributed by atoms with Crippen LogP contribution in [0.15, 0.2) is 41.3 Å². The third-order valence-electron chi connectivity index (χ3n) is 7.07. The third kappa shape index (κ3) is 4.33. The lowest BCUT2D eigenvalue weighted by Crippen LogP contribution is -2.46. The molecule has 0 bridgehead atoms. The number of carbonyl (C=O) groups excluding carboxylic acids is 2. The van der Waals surface area contributed by atoms with E-state index >= 15 is 0 Å². The van der Waals surface area contributed by atoms with Gasteiger partial charge in [-0.05, 0) is 37.1 Å². The van der Waals surface area contributed by atoms with Crippen LogP contribution in [0.3, 0.4) is 0 Å². The summed E-state index contributed by atoms with van der Waals surface area (Å²) < 4.78 is 18.1. The Kier molecular flexibility index (Phi) is 5.87. The molecule has 1 saturated carbocycles. The standard InChI is InChI=1S/C25H26N6O6/c1-35-15-3-4-16-18(11-15)30(23(33)12-27-16)9-8-26-14-2-5-17-20(10-14)37-25(34)31(17)21-7-6-19-24(28-21)29-22(32)13-36-19/h3-4,6-7,11-12,14,17,20,26H,2,5,8-10,13H2,1H3,(H,28,29,32)/t14-,17-,20-/m1/s1. The van der Waals surface area contributed by atoms with E-state index in [2.05, 4.69) is 20.6 Å². The molecule has 2 fully saturated rings. The Balaban J connectivity index is 1.11. The summed E-state index contributed by atoms with van der Waals surface area (Å²) in [5, 5.41) is 6.19. The Morgan fingerprint density at radius 3 is 2.95 bits per heavy atom. The summed E-state index contributed by atoms with van der Waals surface area (Å²) in [4.78, 5) is 47.2. The lowest BCUT2D eigenvalue weighted by atomic mass is 9.88. The number of rotatable bonds is 6. The van der Waals surface area contributed by atoms with Crippen molar-refractivity contribution in [1.29, 1.82) is 0 Å². The van der Waals surface area contributed by atoms with Gasteiger partial charge in [0, 0.05) is 31.6 Å². The van der Waals surface area contributed by atoms with Crippen LogP contribution in [-0.4, -0.2) is 65.0 Å². The topological polar surface area (TPSA) is 137 Å². The summed E-state index contributed by atoms with van der Waals surface area (Å²) in [7, 11) is 1.59. The number of pyridine rings is 1. The number of carbonyl (C=O) groups is 2. The van der Waals surface area contributed by atoms with E-state index < -0.39 is 6.09 Å². The number of fused-ring (bicyclic) bond motifs is 3. The number of hydrogen-bond acceptors (Lipinski definition) is 9. The highest BCUT2D eigenvalue weighted by Crippen LogP contribution is 2.37. The average Bonchev–Trinajstić information content (AvgIpc) is 3.24. The normalized spacial score (nSPS) is 22.6. The number of anilines is 2. The summed E-state index contributed by atoms with van der Waals surface area (Å²) >= 11 is 0. The van der Waals surface area contributed by atoms with Crippen molar-refractivity contribution < 1.29 is 23.8 Å². The lowest BCUT2D eigenvalue weighted by molar-refractivity contribution is -0.118. The summed E-state index contributed by atoms with van der Waals surface area (Å²) in [5.74, 6) is 1.58. The molecule has 0 unspecified atom stereocenters. The molecule has 2 aliphatic heterocycles. The zero-order valence-corrected chi connectivity index (χ0v) is 20.2. The van der Waals surface area contributed by atoms with E-state index in [4.69, 9.17) is 14.2 Å². The second kappa shape index (κ2) is 9.36. The van der Waals surface area contributed by atoms with Gasteiger partial charge in [0.2, 0.25) is 0 Å². The van der Waals surface area contributed by atoms with E-state index in [0.717, 1.165) is 23.9 Å². The van der Waals surface area contributed by atoms with Crippen LogP contribution in [0, 0.1) is 0 Å². The molecule has 37 heavy (non-hydrogen) atoms. The predicted molar refractivity (Wildman–Crippen MR) is 133 cm³/mol. The molecule has 6 rings (SSSR count). The van der Waals surface area contributed by atoms with Gasteiger partial charge in [0.05, 0.1) is 30.4 Å². The van der Waals surface area contributed by atoms with Gasteiger partial charge in [0.25, 0.3) is 11.5 Å². The molecule has 4 heterocycles. The molecule has 1 aromatic carbocycles. The summed E-state index contributed by atoms with van der Waals surface area (Å²) in [6.45, 7) is 0.982. The van der Waals surface area contributed by atoms with Crippen LogP contribution in [0.2, 0.25) is 0 Å². The van der Waals surface area contributed by atoms with Gasteiger partial charge in [0.15, 0.2) is 18.2 Å². The SMILES string of the molecule is COc1ccc2ncc(=O)n(CCN[C@@H]3CC[C@@H]4[C@@H](C3)OC(=O)N4c3ccc4c(n3)NC(=O)CO4)c2c1. The van der Waals surface area contributed by atoms with Crippen LogP contribution < -0.4 is 30.6 Å². The van der Waals surface area contributed by atoms with Crippen molar-refractivity contribution in [3.63, 3.8) is 0 Å². The van der Waals surface area contributed by atoms with Crippen molar-refractivity contribution in [2.75, 3.05) is 30.5 Å². The molecule has 3 aliphatic rings. The maximum Gasteiger partial charge on any atom is 0.416 e. The fraction of sp³-hybridized carbons (Fsp3) is 0.400. The Morgan fingerprint density at radius 1 is 1.19 bits per heavy atom.